The van der Waals surface area contributed by atoms with Crippen molar-refractivity contribution in [2.24, 2.45) is 0 Å². The Morgan fingerprint density at radius 2 is 1.86 bits per heavy atom. The molecule has 2 fully saturated rings. The average Bonchev–Trinajstić information content (AvgIpc) is 2.46. The molecule has 0 radical (unpaired) electrons. The first-order valence-corrected chi connectivity index (χ1v) is 7.85. The van der Waals surface area contributed by atoms with E-state index in [1.54, 1.807) is 4.90 Å². The number of rotatable bonds is 2. The van der Waals surface area contributed by atoms with Crippen LogP contribution in [0.1, 0.15) is 33.6 Å². The van der Waals surface area contributed by atoms with Gasteiger partial charge in [0.2, 0.25) is 0 Å². The zero-order valence-corrected chi connectivity index (χ0v) is 13.6. The second-order valence-electron chi connectivity index (χ2n) is 6.94. The first-order chi connectivity index (χ1) is 10.3. The normalized spacial score (nSPS) is 27.5. The van der Waals surface area contributed by atoms with E-state index in [9.17, 15) is 14.9 Å². The van der Waals surface area contributed by atoms with Gasteiger partial charge in [0.1, 0.15) is 5.60 Å². The average molecular weight is 314 g/mol. The van der Waals surface area contributed by atoms with Crippen LogP contribution in [0, 0.1) is 10.1 Å². The predicted molar refractivity (Wildman–Crippen MR) is 81.2 cm³/mol. The molecule has 1 N–H and O–H groups in total. The zero-order chi connectivity index (χ0) is 16.3. The van der Waals surface area contributed by atoms with Crippen LogP contribution in [0.5, 0.6) is 0 Å². The Hall–Kier alpha value is -1.41. The number of piperazine rings is 1. The quantitative estimate of drug-likeness (QED) is 0.602. The van der Waals surface area contributed by atoms with Crippen LogP contribution < -0.4 is 5.32 Å². The molecule has 2 heterocycles. The van der Waals surface area contributed by atoms with E-state index in [2.05, 4.69) is 10.2 Å². The minimum atomic E-state index is -0.612. The van der Waals surface area contributed by atoms with Crippen LogP contribution in [0.2, 0.25) is 0 Å². The smallest absolute Gasteiger partial charge is 0.410 e. The minimum Gasteiger partial charge on any atom is -0.444 e. The Kier molecular flexibility index (Phi) is 5.23. The van der Waals surface area contributed by atoms with E-state index in [-0.39, 0.29) is 11.0 Å². The molecule has 0 spiro atoms. The van der Waals surface area contributed by atoms with Gasteiger partial charge in [0.05, 0.1) is 0 Å². The van der Waals surface area contributed by atoms with Crippen molar-refractivity contribution in [2.45, 2.75) is 51.4 Å². The zero-order valence-electron chi connectivity index (χ0n) is 13.6. The standard InChI is InChI=1S/C14H26N4O4/c1-14(2,3)22-13(19)17-8-6-16(7-9-17)11-4-5-12(15-10-11)18(20)21/h11-12,15H,4-10H2,1-3H3. The molecular formula is C14H26N4O4. The lowest BCUT2D eigenvalue weighted by Crippen LogP contribution is -2.57. The number of piperidine rings is 1. The molecule has 2 saturated heterocycles. The highest BCUT2D eigenvalue weighted by Crippen LogP contribution is 2.17. The van der Waals surface area contributed by atoms with Crippen molar-refractivity contribution in [3.63, 3.8) is 0 Å². The molecule has 2 aliphatic rings. The second-order valence-corrected chi connectivity index (χ2v) is 6.94. The third kappa shape index (κ3) is 4.54. The summed E-state index contributed by atoms with van der Waals surface area (Å²) in [7, 11) is 0. The highest BCUT2D eigenvalue weighted by Gasteiger charge is 2.33. The number of hydrogen-bond donors (Lipinski definition) is 1. The van der Waals surface area contributed by atoms with E-state index in [4.69, 9.17) is 4.74 Å². The van der Waals surface area contributed by atoms with E-state index in [1.165, 1.54) is 0 Å². The molecule has 0 aromatic rings. The first kappa shape index (κ1) is 17.0. The lowest BCUT2D eigenvalue weighted by Gasteiger charge is -2.41. The molecule has 2 aliphatic heterocycles. The maximum Gasteiger partial charge on any atom is 0.410 e. The Labute approximate surface area is 130 Å². The molecule has 2 unspecified atom stereocenters. The van der Waals surface area contributed by atoms with Crippen molar-refractivity contribution < 1.29 is 14.5 Å². The van der Waals surface area contributed by atoms with Gasteiger partial charge in [-0.15, -0.1) is 0 Å². The van der Waals surface area contributed by atoms with Crippen molar-refractivity contribution >= 4 is 6.09 Å². The van der Waals surface area contributed by atoms with Gasteiger partial charge in [0, 0.05) is 50.1 Å². The fraction of sp³-hybridized carbons (Fsp3) is 0.929. The van der Waals surface area contributed by atoms with E-state index in [1.807, 2.05) is 20.8 Å². The molecule has 126 valence electrons. The van der Waals surface area contributed by atoms with E-state index in [0.717, 1.165) is 19.5 Å². The molecule has 1 amide bonds. The van der Waals surface area contributed by atoms with E-state index < -0.39 is 11.8 Å². The molecule has 0 bridgehead atoms. The van der Waals surface area contributed by atoms with Gasteiger partial charge >= 0.3 is 6.09 Å². The van der Waals surface area contributed by atoms with E-state index >= 15 is 0 Å². The Balaban J connectivity index is 1.76. The van der Waals surface area contributed by atoms with Gasteiger partial charge in [0.25, 0.3) is 6.17 Å². The lowest BCUT2D eigenvalue weighted by atomic mass is 10.0. The van der Waals surface area contributed by atoms with Crippen molar-refractivity contribution in [2.75, 3.05) is 32.7 Å². The van der Waals surface area contributed by atoms with Gasteiger partial charge in [0.15, 0.2) is 0 Å². The Morgan fingerprint density at radius 3 is 2.32 bits per heavy atom. The van der Waals surface area contributed by atoms with Crippen LogP contribution in [0.4, 0.5) is 4.79 Å². The van der Waals surface area contributed by atoms with Gasteiger partial charge in [-0.05, 0) is 27.2 Å². The number of amides is 1. The minimum absolute atomic E-state index is 0.253. The molecule has 0 aliphatic carbocycles. The summed E-state index contributed by atoms with van der Waals surface area (Å²) in [5.74, 6) is 0. The van der Waals surface area contributed by atoms with Crippen molar-refractivity contribution in [3.05, 3.63) is 10.1 Å². The summed E-state index contributed by atoms with van der Waals surface area (Å²) in [6.07, 6.45) is 0.510. The SMILES string of the molecule is CC(C)(C)OC(=O)N1CCN(C2CCC([N+](=O)[O-])NC2)CC1. The van der Waals surface area contributed by atoms with Crippen LogP contribution in [-0.4, -0.2) is 71.3 Å². The van der Waals surface area contributed by atoms with Crippen LogP contribution >= 0.6 is 0 Å². The van der Waals surface area contributed by atoms with Gasteiger partial charge in [-0.3, -0.25) is 20.3 Å². The highest BCUT2D eigenvalue weighted by molar-refractivity contribution is 5.68. The first-order valence-electron chi connectivity index (χ1n) is 7.85. The van der Waals surface area contributed by atoms with Crippen molar-refractivity contribution in [3.8, 4) is 0 Å². The summed E-state index contributed by atoms with van der Waals surface area (Å²) < 4.78 is 5.38. The summed E-state index contributed by atoms with van der Waals surface area (Å²) in [5.41, 5.74) is -0.473. The Bertz CT molecular complexity index is 408. The van der Waals surface area contributed by atoms with Gasteiger partial charge < -0.3 is 9.64 Å². The second kappa shape index (κ2) is 6.78. The van der Waals surface area contributed by atoms with Crippen LogP contribution in [0.25, 0.3) is 0 Å². The summed E-state index contributed by atoms with van der Waals surface area (Å²) in [5, 5.41) is 13.7. The fourth-order valence-corrected chi connectivity index (χ4v) is 2.91. The monoisotopic (exact) mass is 314 g/mol. The number of carbonyl (C=O) groups excluding carboxylic acids is 1. The number of hydrogen-bond acceptors (Lipinski definition) is 6. The molecule has 8 nitrogen and oxygen atoms in total. The Morgan fingerprint density at radius 1 is 1.23 bits per heavy atom. The molecule has 2 atom stereocenters. The molecule has 22 heavy (non-hydrogen) atoms. The third-order valence-electron chi connectivity index (χ3n) is 4.10. The van der Waals surface area contributed by atoms with Gasteiger partial charge in [-0.2, -0.15) is 0 Å². The third-order valence-corrected chi connectivity index (χ3v) is 4.10. The molecular weight excluding hydrogens is 288 g/mol. The van der Waals surface area contributed by atoms with Crippen molar-refractivity contribution in [1.82, 2.24) is 15.1 Å². The fourth-order valence-electron chi connectivity index (χ4n) is 2.91. The van der Waals surface area contributed by atoms with Crippen LogP contribution in [0.15, 0.2) is 0 Å². The maximum absolute atomic E-state index is 12.0. The van der Waals surface area contributed by atoms with E-state index in [0.29, 0.717) is 32.1 Å². The molecule has 8 heteroatoms. The summed E-state index contributed by atoms with van der Waals surface area (Å²) in [4.78, 5) is 26.5. The summed E-state index contributed by atoms with van der Waals surface area (Å²) in [6, 6.07) is 0.317. The molecule has 0 aromatic heterocycles. The van der Waals surface area contributed by atoms with Crippen molar-refractivity contribution in [1.29, 1.82) is 0 Å². The topological polar surface area (TPSA) is 88.0 Å². The largest absolute Gasteiger partial charge is 0.444 e. The number of carbonyl (C=O) groups is 1. The number of nitro groups is 1. The van der Waals surface area contributed by atoms with Gasteiger partial charge in [-0.1, -0.05) is 0 Å². The van der Waals surface area contributed by atoms with Gasteiger partial charge in [-0.25, -0.2) is 4.79 Å². The summed E-state index contributed by atoms with van der Waals surface area (Å²) in [6.45, 7) is 9.08. The molecule has 0 aromatic carbocycles. The van der Waals surface area contributed by atoms with Crippen LogP contribution in [0.3, 0.4) is 0 Å². The van der Waals surface area contributed by atoms with Crippen LogP contribution in [-0.2, 0) is 4.74 Å². The maximum atomic E-state index is 12.0. The number of ether oxygens (including phenoxy) is 1. The number of nitrogens with one attached hydrogen (secondary N) is 1. The predicted octanol–water partition coefficient (Wildman–Crippen LogP) is 0.894. The highest BCUT2D eigenvalue weighted by atomic mass is 16.6. The summed E-state index contributed by atoms with van der Waals surface area (Å²) >= 11 is 0. The lowest BCUT2D eigenvalue weighted by molar-refractivity contribution is -0.532. The molecule has 2 rings (SSSR count). The molecule has 0 saturated carbocycles. The number of nitrogens with zero attached hydrogens (tertiary/aromatic N) is 3.